The third kappa shape index (κ3) is 5.25. The highest BCUT2D eigenvalue weighted by molar-refractivity contribution is 7.89. The van der Waals surface area contributed by atoms with Crippen LogP contribution < -0.4 is 9.62 Å². The molecule has 0 bridgehead atoms. The lowest BCUT2D eigenvalue weighted by atomic mass is 10.2. The minimum atomic E-state index is -3.89. The number of carbonyl (C=O) groups is 1. The fraction of sp³-hybridized carbons (Fsp3) is 0.545. The van der Waals surface area contributed by atoms with Gasteiger partial charge in [0.25, 0.3) is 6.43 Å². The Morgan fingerprint density at radius 3 is 2.49 bits per heavy atom. The first-order valence-electron chi connectivity index (χ1n) is 11.8. The molecule has 0 atom stereocenters. The van der Waals surface area contributed by atoms with Gasteiger partial charge in [-0.05, 0) is 39.7 Å². The number of aromatic nitrogens is 4. The zero-order chi connectivity index (χ0) is 26.5. The highest BCUT2D eigenvalue weighted by Crippen LogP contribution is 2.37. The number of piperazine rings is 1. The predicted octanol–water partition coefficient (Wildman–Crippen LogP) is 3.29. The van der Waals surface area contributed by atoms with E-state index in [2.05, 4.69) is 19.9 Å². The number of alkyl halides is 2. The Balaban J connectivity index is 1.53. The largest absolute Gasteiger partial charge is 0.447 e. The van der Waals surface area contributed by atoms with Crippen LogP contribution in [0.2, 0.25) is 0 Å². The van der Waals surface area contributed by atoms with Gasteiger partial charge in [-0.3, -0.25) is 4.40 Å². The second-order valence-corrected chi connectivity index (χ2v) is 12.4. The molecule has 4 heterocycles. The van der Waals surface area contributed by atoms with Gasteiger partial charge in [0.2, 0.25) is 10.0 Å². The molecule has 1 aliphatic heterocycles. The summed E-state index contributed by atoms with van der Waals surface area (Å²) in [6.45, 7) is 7.02. The standard InChI is InChI=1S/C22H27F2N7O4S2/c1-13(2)35-21(32)30-8-6-29(7-9-30)15-10-14(37(33,34)28-22(3)4-5-22)12-31-16(11-25-18(15)31)19-26-27-20(36-19)17(23)24/h10-13,17,28H,4-9H2,1-3H3. The van der Waals surface area contributed by atoms with E-state index in [0.29, 0.717) is 43.2 Å². The number of hydrogen-bond donors (Lipinski definition) is 1. The molecular formula is C22H27F2N7O4S2. The van der Waals surface area contributed by atoms with Crippen LogP contribution in [0.5, 0.6) is 0 Å². The van der Waals surface area contributed by atoms with Crippen molar-refractivity contribution in [1.82, 2.24) is 29.2 Å². The predicted molar refractivity (Wildman–Crippen MR) is 132 cm³/mol. The number of nitrogens with zero attached hydrogens (tertiary/aromatic N) is 6. The van der Waals surface area contributed by atoms with Crippen LogP contribution in [0.25, 0.3) is 16.3 Å². The van der Waals surface area contributed by atoms with Crippen molar-refractivity contribution in [2.45, 2.75) is 56.6 Å². The lowest BCUT2D eigenvalue weighted by Gasteiger charge is -2.36. The summed E-state index contributed by atoms with van der Waals surface area (Å²) in [6, 6.07) is 1.56. The van der Waals surface area contributed by atoms with E-state index in [1.165, 1.54) is 12.4 Å². The zero-order valence-electron chi connectivity index (χ0n) is 20.5. The molecule has 1 aliphatic carbocycles. The van der Waals surface area contributed by atoms with Gasteiger partial charge in [0.05, 0.1) is 18.0 Å². The van der Waals surface area contributed by atoms with Crippen molar-refractivity contribution < 1.29 is 26.7 Å². The summed E-state index contributed by atoms with van der Waals surface area (Å²) in [5.41, 5.74) is 0.859. The van der Waals surface area contributed by atoms with Gasteiger partial charge >= 0.3 is 6.09 Å². The van der Waals surface area contributed by atoms with Crippen LogP contribution in [0, 0.1) is 0 Å². The van der Waals surface area contributed by atoms with Crippen molar-refractivity contribution in [3.63, 3.8) is 0 Å². The number of hydrogen-bond acceptors (Lipinski definition) is 9. The molecule has 11 nitrogen and oxygen atoms in total. The molecule has 1 N–H and O–H groups in total. The van der Waals surface area contributed by atoms with Crippen LogP contribution in [0.4, 0.5) is 19.3 Å². The third-order valence-corrected chi connectivity index (χ3v) is 8.87. The molecule has 1 saturated carbocycles. The monoisotopic (exact) mass is 555 g/mol. The number of amides is 1. The summed E-state index contributed by atoms with van der Waals surface area (Å²) < 4.78 is 62.5. The summed E-state index contributed by atoms with van der Waals surface area (Å²) in [6.07, 6.45) is 0.986. The van der Waals surface area contributed by atoms with E-state index >= 15 is 0 Å². The molecule has 1 saturated heterocycles. The van der Waals surface area contributed by atoms with Crippen molar-refractivity contribution in [2.75, 3.05) is 31.1 Å². The fourth-order valence-electron chi connectivity index (χ4n) is 4.09. The number of sulfonamides is 1. The Kier molecular flexibility index (Phi) is 6.56. The SMILES string of the molecule is CC(C)OC(=O)N1CCN(c2cc(S(=O)(=O)NC3(C)CC3)cn3c(-c4nnc(C(F)F)s4)cnc23)CC1. The van der Waals surface area contributed by atoms with Crippen LogP contribution in [0.15, 0.2) is 23.4 Å². The second-order valence-electron chi connectivity index (χ2n) is 9.72. The smallest absolute Gasteiger partial charge is 0.410 e. The van der Waals surface area contributed by atoms with Crippen molar-refractivity contribution in [3.05, 3.63) is 23.5 Å². The van der Waals surface area contributed by atoms with E-state index in [1.807, 2.05) is 11.8 Å². The van der Waals surface area contributed by atoms with Gasteiger partial charge in [-0.15, -0.1) is 10.2 Å². The molecule has 0 aromatic carbocycles. The molecule has 1 amide bonds. The van der Waals surface area contributed by atoms with Crippen LogP contribution in [-0.4, -0.2) is 76.8 Å². The van der Waals surface area contributed by atoms with Gasteiger partial charge in [-0.2, -0.15) is 0 Å². The summed E-state index contributed by atoms with van der Waals surface area (Å²) >= 11 is 0.727. The number of carbonyl (C=O) groups excluding carboxylic acids is 1. The van der Waals surface area contributed by atoms with Crippen LogP contribution in [0.3, 0.4) is 0 Å². The lowest BCUT2D eigenvalue weighted by molar-refractivity contribution is 0.0751. The molecule has 2 fully saturated rings. The molecule has 200 valence electrons. The number of anilines is 1. The van der Waals surface area contributed by atoms with E-state index in [-0.39, 0.29) is 16.0 Å². The summed E-state index contributed by atoms with van der Waals surface area (Å²) in [7, 11) is -3.89. The number of pyridine rings is 1. The van der Waals surface area contributed by atoms with Gasteiger partial charge in [-0.1, -0.05) is 11.3 Å². The normalized spacial score (nSPS) is 17.7. The van der Waals surface area contributed by atoms with Crippen molar-refractivity contribution in [3.8, 4) is 10.7 Å². The first kappa shape index (κ1) is 25.7. The molecule has 3 aromatic rings. The number of halogens is 2. The van der Waals surface area contributed by atoms with E-state index in [4.69, 9.17) is 4.74 Å². The maximum Gasteiger partial charge on any atom is 0.410 e. The molecule has 2 aliphatic rings. The Bertz CT molecular complexity index is 1430. The summed E-state index contributed by atoms with van der Waals surface area (Å²) in [5, 5.41) is 7.20. The molecule has 0 spiro atoms. The van der Waals surface area contributed by atoms with Crippen molar-refractivity contribution in [2.24, 2.45) is 0 Å². The zero-order valence-corrected chi connectivity index (χ0v) is 22.2. The number of fused-ring (bicyclic) bond motifs is 1. The topological polar surface area (TPSA) is 122 Å². The highest BCUT2D eigenvalue weighted by atomic mass is 32.2. The van der Waals surface area contributed by atoms with Crippen LogP contribution in [-0.2, 0) is 14.8 Å². The minimum absolute atomic E-state index is 0.0163. The quantitative estimate of drug-likeness (QED) is 0.471. The van der Waals surface area contributed by atoms with Gasteiger partial charge < -0.3 is 14.5 Å². The third-order valence-electron chi connectivity index (χ3n) is 6.31. The lowest BCUT2D eigenvalue weighted by Crippen LogP contribution is -2.49. The van der Waals surface area contributed by atoms with Gasteiger partial charge in [0.1, 0.15) is 10.6 Å². The Morgan fingerprint density at radius 1 is 1.19 bits per heavy atom. The molecule has 15 heteroatoms. The highest BCUT2D eigenvalue weighted by Gasteiger charge is 2.41. The molecule has 0 radical (unpaired) electrons. The van der Waals surface area contributed by atoms with Crippen LogP contribution >= 0.6 is 11.3 Å². The van der Waals surface area contributed by atoms with E-state index in [0.717, 1.165) is 24.2 Å². The van der Waals surface area contributed by atoms with Gasteiger partial charge in [0, 0.05) is 37.9 Å². The van der Waals surface area contributed by atoms with Crippen LogP contribution in [0.1, 0.15) is 45.0 Å². The Morgan fingerprint density at radius 2 is 1.89 bits per heavy atom. The van der Waals surface area contributed by atoms with Crippen molar-refractivity contribution >= 4 is 38.8 Å². The molecule has 3 aromatic heterocycles. The number of nitrogens with one attached hydrogen (secondary N) is 1. The fourth-order valence-corrected chi connectivity index (χ4v) is 6.28. The average molecular weight is 556 g/mol. The minimum Gasteiger partial charge on any atom is -0.447 e. The molecule has 0 unspecified atom stereocenters. The summed E-state index contributed by atoms with van der Waals surface area (Å²) in [5.74, 6) is 0. The van der Waals surface area contributed by atoms with Crippen molar-refractivity contribution in [1.29, 1.82) is 0 Å². The number of ether oxygens (including phenoxy) is 1. The molecular weight excluding hydrogens is 528 g/mol. The molecule has 5 rings (SSSR count). The Labute approximate surface area is 216 Å². The maximum atomic E-state index is 13.3. The van der Waals surface area contributed by atoms with E-state index in [1.54, 1.807) is 29.2 Å². The maximum absolute atomic E-state index is 13.3. The number of rotatable bonds is 7. The molecule has 37 heavy (non-hydrogen) atoms. The first-order chi connectivity index (χ1) is 17.5. The van der Waals surface area contributed by atoms with Gasteiger partial charge in [0.15, 0.2) is 15.7 Å². The number of imidazole rings is 1. The second kappa shape index (κ2) is 9.44. The van der Waals surface area contributed by atoms with E-state index in [9.17, 15) is 22.0 Å². The summed E-state index contributed by atoms with van der Waals surface area (Å²) in [4.78, 5) is 20.4. The van der Waals surface area contributed by atoms with Gasteiger partial charge in [-0.25, -0.2) is 31.7 Å². The first-order valence-corrected chi connectivity index (χ1v) is 14.1. The van der Waals surface area contributed by atoms with E-state index < -0.39 is 33.1 Å². The average Bonchev–Trinajstić information content (AvgIpc) is 3.23. The Hall–Kier alpha value is -2.91.